The van der Waals surface area contributed by atoms with Crippen LogP contribution < -0.4 is 0 Å². The van der Waals surface area contributed by atoms with Crippen molar-refractivity contribution in [2.75, 3.05) is 0 Å². The van der Waals surface area contributed by atoms with Gasteiger partial charge in [-0.3, -0.25) is 0 Å². The molecule has 0 saturated carbocycles. The summed E-state index contributed by atoms with van der Waals surface area (Å²) >= 11 is 0. The van der Waals surface area contributed by atoms with Gasteiger partial charge in [0.1, 0.15) is 11.9 Å². The predicted molar refractivity (Wildman–Crippen MR) is 125 cm³/mol. The van der Waals surface area contributed by atoms with Crippen LogP contribution in [0.1, 0.15) is 61.3 Å². The van der Waals surface area contributed by atoms with Gasteiger partial charge >= 0.3 is 0 Å². The number of hydrogen-bond acceptors (Lipinski definition) is 1. The number of nitrogens with zero attached hydrogens (tertiary/aromatic N) is 1. The van der Waals surface area contributed by atoms with Crippen LogP contribution >= 0.6 is 0 Å². The minimum absolute atomic E-state index is 0.0328. The molecule has 0 unspecified atom stereocenters. The Kier molecular flexibility index (Phi) is 6.34. The lowest BCUT2D eigenvalue weighted by Crippen LogP contribution is -1.86. The number of aryl methyl sites for hydroxylation is 1. The molecule has 31 heavy (non-hydrogen) atoms. The SMILES string of the molecule is CCCCCCCc1ccc2c(c1)[nH]c1cc(C#Cc3ccc(C#N)c(F)c3)ccc12. The first-order chi connectivity index (χ1) is 15.2. The number of nitrogens with one attached hydrogen (secondary N) is 1. The Bertz CT molecular complexity index is 1330. The summed E-state index contributed by atoms with van der Waals surface area (Å²) in [5, 5.41) is 11.2. The molecule has 0 amide bonds. The topological polar surface area (TPSA) is 39.6 Å². The average Bonchev–Trinajstić information content (AvgIpc) is 3.14. The minimum Gasteiger partial charge on any atom is -0.354 e. The van der Waals surface area contributed by atoms with Gasteiger partial charge < -0.3 is 4.98 Å². The molecule has 4 rings (SSSR count). The second-order valence-electron chi connectivity index (χ2n) is 7.99. The van der Waals surface area contributed by atoms with Gasteiger partial charge in [0.25, 0.3) is 0 Å². The van der Waals surface area contributed by atoms with Crippen LogP contribution in [0.5, 0.6) is 0 Å². The summed E-state index contributed by atoms with van der Waals surface area (Å²) in [5.41, 5.74) is 5.02. The van der Waals surface area contributed by atoms with E-state index >= 15 is 0 Å². The Hall–Kier alpha value is -3.56. The zero-order valence-corrected chi connectivity index (χ0v) is 17.8. The number of aromatic amines is 1. The summed E-state index contributed by atoms with van der Waals surface area (Å²) in [6, 6.07) is 19.1. The molecule has 0 fully saturated rings. The van der Waals surface area contributed by atoms with Crippen molar-refractivity contribution in [1.82, 2.24) is 4.98 Å². The fourth-order valence-corrected chi connectivity index (χ4v) is 3.95. The lowest BCUT2D eigenvalue weighted by molar-refractivity contribution is 0.623. The van der Waals surface area contributed by atoms with Crippen molar-refractivity contribution in [3.8, 4) is 17.9 Å². The maximum atomic E-state index is 13.8. The van der Waals surface area contributed by atoms with Crippen LogP contribution in [-0.4, -0.2) is 4.98 Å². The van der Waals surface area contributed by atoms with Crippen LogP contribution in [0.4, 0.5) is 4.39 Å². The van der Waals surface area contributed by atoms with E-state index in [2.05, 4.69) is 48.0 Å². The normalized spacial score (nSPS) is 10.7. The van der Waals surface area contributed by atoms with Crippen molar-refractivity contribution in [3.63, 3.8) is 0 Å². The Labute approximate surface area is 182 Å². The highest BCUT2D eigenvalue weighted by Crippen LogP contribution is 2.27. The van der Waals surface area contributed by atoms with Gasteiger partial charge in [-0.05, 0) is 54.8 Å². The van der Waals surface area contributed by atoms with Gasteiger partial charge in [0.15, 0.2) is 0 Å². The fraction of sp³-hybridized carbons (Fsp3) is 0.250. The van der Waals surface area contributed by atoms with E-state index in [9.17, 15) is 4.39 Å². The molecule has 3 aromatic carbocycles. The molecule has 0 atom stereocenters. The molecule has 0 aliphatic heterocycles. The standard InChI is InChI=1S/C28H25FN2/c1-2-3-4-5-6-7-20-11-14-24-25-15-12-22(18-28(25)31-27(24)17-20)9-8-21-10-13-23(19-30)26(29)16-21/h10-18,31H,2-7H2,1H3. The van der Waals surface area contributed by atoms with Gasteiger partial charge in [0, 0.05) is 32.9 Å². The van der Waals surface area contributed by atoms with Crippen LogP contribution in [0.2, 0.25) is 0 Å². The first-order valence-electron chi connectivity index (χ1n) is 10.9. The third kappa shape index (κ3) is 4.79. The van der Waals surface area contributed by atoms with E-state index in [4.69, 9.17) is 5.26 Å². The molecule has 0 radical (unpaired) electrons. The van der Waals surface area contributed by atoms with Gasteiger partial charge in [0.2, 0.25) is 0 Å². The molecule has 0 spiro atoms. The summed E-state index contributed by atoms with van der Waals surface area (Å²) in [5.74, 6) is 5.54. The van der Waals surface area contributed by atoms with Gasteiger partial charge in [-0.15, -0.1) is 0 Å². The van der Waals surface area contributed by atoms with Gasteiger partial charge in [-0.2, -0.15) is 5.26 Å². The van der Waals surface area contributed by atoms with Crippen molar-refractivity contribution >= 4 is 21.8 Å². The monoisotopic (exact) mass is 408 g/mol. The van der Waals surface area contributed by atoms with Crippen LogP contribution in [-0.2, 0) is 6.42 Å². The molecule has 1 N–H and O–H groups in total. The van der Waals surface area contributed by atoms with Crippen molar-refractivity contribution in [2.24, 2.45) is 0 Å². The second-order valence-corrected chi connectivity index (χ2v) is 7.99. The number of nitriles is 1. The van der Waals surface area contributed by atoms with Gasteiger partial charge in [-0.1, -0.05) is 62.6 Å². The molecular weight excluding hydrogens is 383 g/mol. The zero-order valence-electron chi connectivity index (χ0n) is 17.8. The lowest BCUT2D eigenvalue weighted by Gasteiger charge is -2.02. The summed E-state index contributed by atoms with van der Waals surface area (Å²) < 4.78 is 13.8. The van der Waals surface area contributed by atoms with Gasteiger partial charge in [-0.25, -0.2) is 4.39 Å². The van der Waals surface area contributed by atoms with Crippen molar-refractivity contribution < 1.29 is 4.39 Å². The average molecular weight is 409 g/mol. The van der Waals surface area contributed by atoms with Crippen LogP contribution in [0.25, 0.3) is 21.8 Å². The van der Waals surface area contributed by atoms with Crippen molar-refractivity contribution in [1.29, 1.82) is 5.26 Å². The summed E-state index contributed by atoms with van der Waals surface area (Å²) in [7, 11) is 0. The number of unbranched alkanes of at least 4 members (excludes halogenated alkanes) is 4. The highest BCUT2D eigenvalue weighted by molar-refractivity contribution is 6.07. The number of H-pyrrole nitrogens is 1. The molecule has 3 heteroatoms. The van der Waals surface area contributed by atoms with E-state index in [1.165, 1.54) is 60.6 Å². The Morgan fingerprint density at radius 3 is 2.23 bits per heavy atom. The van der Waals surface area contributed by atoms with Crippen molar-refractivity contribution in [2.45, 2.75) is 45.4 Å². The molecule has 154 valence electrons. The van der Waals surface area contributed by atoms with E-state index < -0.39 is 5.82 Å². The van der Waals surface area contributed by atoms with Gasteiger partial charge in [0.05, 0.1) is 5.56 Å². The maximum Gasteiger partial charge on any atom is 0.142 e. The molecule has 0 saturated heterocycles. The fourth-order valence-electron chi connectivity index (χ4n) is 3.95. The Morgan fingerprint density at radius 2 is 1.48 bits per heavy atom. The molecule has 2 nitrogen and oxygen atoms in total. The molecule has 0 bridgehead atoms. The molecule has 1 heterocycles. The quantitative estimate of drug-likeness (QED) is 0.265. The highest BCUT2D eigenvalue weighted by Gasteiger charge is 2.06. The first-order valence-corrected chi connectivity index (χ1v) is 10.9. The smallest absolute Gasteiger partial charge is 0.142 e. The number of halogens is 1. The largest absolute Gasteiger partial charge is 0.354 e. The molecular formula is C28H25FN2. The Balaban J connectivity index is 1.54. The van der Waals surface area contributed by atoms with Crippen molar-refractivity contribution in [3.05, 3.63) is 82.7 Å². The number of benzene rings is 3. The third-order valence-electron chi connectivity index (χ3n) is 5.67. The molecule has 4 aromatic rings. The summed E-state index contributed by atoms with van der Waals surface area (Å²) in [6.07, 6.45) is 7.58. The van der Waals surface area contributed by atoms with E-state index in [1.54, 1.807) is 6.07 Å². The summed E-state index contributed by atoms with van der Waals surface area (Å²) in [4.78, 5) is 3.53. The molecule has 0 aliphatic rings. The minimum atomic E-state index is -0.540. The second kappa shape index (κ2) is 9.50. The summed E-state index contributed by atoms with van der Waals surface area (Å²) in [6.45, 7) is 2.24. The highest BCUT2D eigenvalue weighted by atomic mass is 19.1. The van der Waals surface area contributed by atoms with E-state index in [0.717, 1.165) is 23.0 Å². The number of rotatable bonds is 6. The van der Waals surface area contributed by atoms with E-state index in [0.29, 0.717) is 5.56 Å². The van der Waals surface area contributed by atoms with E-state index in [-0.39, 0.29) is 5.56 Å². The molecule has 1 aromatic heterocycles. The maximum absolute atomic E-state index is 13.8. The predicted octanol–water partition coefficient (Wildman–Crippen LogP) is 7.24. The zero-order chi connectivity index (χ0) is 21.6. The third-order valence-corrected chi connectivity index (χ3v) is 5.67. The Morgan fingerprint density at radius 1 is 0.806 bits per heavy atom. The first kappa shape index (κ1) is 20.7. The number of fused-ring (bicyclic) bond motifs is 3. The number of aromatic nitrogens is 1. The lowest BCUT2D eigenvalue weighted by atomic mass is 10.0. The van der Waals surface area contributed by atoms with Crippen LogP contribution in [0.3, 0.4) is 0 Å². The van der Waals surface area contributed by atoms with E-state index in [1.807, 2.05) is 18.2 Å². The van der Waals surface area contributed by atoms with Crippen LogP contribution in [0, 0.1) is 29.0 Å². The number of hydrogen-bond donors (Lipinski definition) is 1. The molecule has 0 aliphatic carbocycles. The van der Waals surface area contributed by atoms with Crippen LogP contribution in [0.15, 0.2) is 54.6 Å².